The molecule has 0 atom stereocenters. The number of anilines is 1. The number of nitrogens with one attached hydrogen (secondary N) is 1. The van der Waals surface area contributed by atoms with Crippen LogP contribution in [0.4, 0.5) is 5.82 Å². The van der Waals surface area contributed by atoms with Crippen LogP contribution in [0.25, 0.3) is 0 Å². The van der Waals surface area contributed by atoms with Gasteiger partial charge >= 0.3 is 0 Å². The number of hydrogen-bond acceptors (Lipinski definition) is 3. The zero-order chi connectivity index (χ0) is 9.84. The Hall–Kier alpha value is -0.800. The topological polar surface area (TPSA) is 50.9 Å². The van der Waals surface area contributed by atoms with E-state index < -0.39 is 0 Å². The third-order valence-electron chi connectivity index (χ3n) is 1.53. The molecule has 72 valence electrons. The van der Waals surface area contributed by atoms with Gasteiger partial charge in [-0.1, -0.05) is 11.6 Å². The summed E-state index contributed by atoms with van der Waals surface area (Å²) in [5.74, 6) is 0.781. The zero-order valence-corrected chi connectivity index (χ0v) is 8.60. The molecule has 0 fully saturated rings. The highest BCUT2D eigenvalue weighted by Crippen LogP contribution is 2.14. The monoisotopic (exact) mass is 199 g/mol. The van der Waals surface area contributed by atoms with Gasteiger partial charge in [-0.3, -0.25) is 0 Å². The van der Waals surface area contributed by atoms with Gasteiger partial charge in [-0.15, -0.1) is 0 Å². The smallest absolute Gasteiger partial charge is 0.131 e. The highest BCUT2D eigenvalue weighted by Gasteiger charge is 2.00. The molecule has 0 bridgehead atoms. The van der Waals surface area contributed by atoms with Crippen LogP contribution in [0.15, 0.2) is 12.1 Å². The molecule has 3 N–H and O–H groups in total. The van der Waals surface area contributed by atoms with E-state index in [0.717, 1.165) is 11.4 Å². The molecule has 0 spiro atoms. The summed E-state index contributed by atoms with van der Waals surface area (Å²) in [5, 5.41) is 3.65. The van der Waals surface area contributed by atoms with Gasteiger partial charge in [-0.2, -0.15) is 0 Å². The first-order valence-electron chi connectivity index (χ1n) is 4.25. The highest BCUT2D eigenvalue weighted by atomic mass is 35.5. The number of rotatable bonds is 3. The molecule has 1 heterocycles. The van der Waals surface area contributed by atoms with Crippen LogP contribution in [-0.2, 0) is 6.54 Å². The van der Waals surface area contributed by atoms with Crippen LogP contribution >= 0.6 is 11.6 Å². The van der Waals surface area contributed by atoms with E-state index in [9.17, 15) is 0 Å². The molecule has 0 saturated carbocycles. The van der Waals surface area contributed by atoms with E-state index in [0.29, 0.717) is 17.7 Å². The average Bonchev–Trinajstić information content (AvgIpc) is 2.01. The summed E-state index contributed by atoms with van der Waals surface area (Å²) >= 11 is 5.81. The molecule has 1 aromatic rings. The fourth-order valence-electron chi connectivity index (χ4n) is 1.04. The van der Waals surface area contributed by atoms with Crippen LogP contribution < -0.4 is 11.1 Å². The lowest BCUT2D eigenvalue weighted by molar-refractivity contribution is 0.887. The molecular weight excluding hydrogens is 186 g/mol. The fourth-order valence-corrected chi connectivity index (χ4v) is 1.27. The van der Waals surface area contributed by atoms with Crippen molar-refractivity contribution in [2.45, 2.75) is 26.4 Å². The minimum Gasteiger partial charge on any atom is -0.368 e. The normalized spacial score (nSPS) is 10.5. The molecule has 0 amide bonds. The summed E-state index contributed by atoms with van der Waals surface area (Å²) in [6.07, 6.45) is 0. The second kappa shape index (κ2) is 4.44. The Morgan fingerprint density at radius 3 is 2.77 bits per heavy atom. The standard InChI is InChI=1S/C9H14ClN3/c1-6(2)12-9-4-7(5-11)3-8(10)13-9/h3-4,6H,5,11H2,1-2H3,(H,12,13). The lowest BCUT2D eigenvalue weighted by atomic mass is 10.2. The van der Waals surface area contributed by atoms with Crippen molar-refractivity contribution in [1.82, 2.24) is 4.98 Å². The minimum absolute atomic E-state index is 0.344. The molecule has 0 aliphatic heterocycles. The summed E-state index contributed by atoms with van der Waals surface area (Å²) in [5.41, 5.74) is 6.49. The van der Waals surface area contributed by atoms with Gasteiger partial charge < -0.3 is 11.1 Å². The van der Waals surface area contributed by atoms with Crippen molar-refractivity contribution in [1.29, 1.82) is 0 Å². The Bertz CT molecular complexity index is 286. The van der Waals surface area contributed by atoms with Crippen molar-refractivity contribution in [3.63, 3.8) is 0 Å². The largest absolute Gasteiger partial charge is 0.368 e. The lowest BCUT2D eigenvalue weighted by Gasteiger charge is -2.10. The molecule has 0 aliphatic rings. The quantitative estimate of drug-likeness (QED) is 0.733. The van der Waals surface area contributed by atoms with Gasteiger partial charge in [0.05, 0.1) is 0 Å². The summed E-state index contributed by atoms with van der Waals surface area (Å²) in [7, 11) is 0. The molecule has 0 radical (unpaired) electrons. The number of hydrogen-bond donors (Lipinski definition) is 2. The average molecular weight is 200 g/mol. The maximum Gasteiger partial charge on any atom is 0.131 e. The molecule has 0 saturated heterocycles. The number of nitrogens with zero attached hydrogens (tertiary/aromatic N) is 1. The predicted molar refractivity (Wildman–Crippen MR) is 55.9 cm³/mol. The highest BCUT2D eigenvalue weighted by molar-refractivity contribution is 6.29. The summed E-state index contributed by atoms with van der Waals surface area (Å²) in [6.45, 7) is 4.57. The van der Waals surface area contributed by atoms with Crippen molar-refractivity contribution in [2.24, 2.45) is 5.73 Å². The number of aromatic nitrogens is 1. The first-order valence-corrected chi connectivity index (χ1v) is 4.62. The van der Waals surface area contributed by atoms with E-state index in [1.807, 2.05) is 19.9 Å². The van der Waals surface area contributed by atoms with Gasteiger partial charge in [-0.05, 0) is 31.5 Å². The van der Waals surface area contributed by atoms with Gasteiger partial charge in [0.2, 0.25) is 0 Å². The van der Waals surface area contributed by atoms with Crippen LogP contribution in [0.2, 0.25) is 5.15 Å². The first-order chi connectivity index (χ1) is 6.11. The van der Waals surface area contributed by atoms with Gasteiger partial charge in [0.15, 0.2) is 0 Å². The van der Waals surface area contributed by atoms with E-state index in [1.54, 1.807) is 6.07 Å². The Labute approximate surface area is 83.3 Å². The third kappa shape index (κ3) is 3.20. The molecule has 4 heteroatoms. The third-order valence-corrected chi connectivity index (χ3v) is 1.72. The number of nitrogens with two attached hydrogens (primary N) is 1. The van der Waals surface area contributed by atoms with Crippen LogP contribution in [0, 0.1) is 0 Å². The molecule has 1 aromatic heterocycles. The van der Waals surface area contributed by atoms with Crippen LogP contribution in [0.3, 0.4) is 0 Å². The Balaban J connectivity index is 2.88. The van der Waals surface area contributed by atoms with Crippen molar-refractivity contribution in [3.8, 4) is 0 Å². The van der Waals surface area contributed by atoms with Gasteiger partial charge in [0.1, 0.15) is 11.0 Å². The van der Waals surface area contributed by atoms with Crippen LogP contribution in [0.5, 0.6) is 0 Å². The molecule has 0 aromatic carbocycles. The predicted octanol–water partition coefficient (Wildman–Crippen LogP) is 2.01. The molecule has 0 unspecified atom stereocenters. The van der Waals surface area contributed by atoms with Crippen molar-refractivity contribution in [3.05, 3.63) is 22.8 Å². The second-order valence-corrected chi connectivity index (χ2v) is 3.57. The van der Waals surface area contributed by atoms with Gasteiger partial charge in [0, 0.05) is 12.6 Å². The number of pyridine rings is 1. The van der Waals surface area contributed by atoms with Crippen molar-refractivity contribution < 1.29 is 0 Å². The van der Waals surface area contributed by atoms with Crippen LogP contribution in [0.1, 0.15) is 19.4 Å². The van der Waals surface area contributed by atoms with E-state index >= 15 is 0 Å². The van der Waals surface area contributed by atoms with Crippen LogP contribution in [-0.4, -0.2) is 11.0 Å². The first kappa shape index (κ1) is 10.3. The Kier molecular flexibility index (Phi) is 3.51. The zero-order valence-electron chi connectivity index (χ0n) is 7.84. The molecule has 0 aliphatic carbocycles. The van der Waals surface area contributed by atoms with Crippen molar-refractivity contribution >= 4 is 17.4 Å². The van der Waals surface area contributed by atoms with E-state index in [2.05, 4.69) is 10.3 Å². The van der Waals surface area contributed by atoms with E-state index in [1.165, 1.54) is 0 Å². The van der Waals surface area contributed by atoms with Gasteiger partial charge in [0.25, 0.3) is 0 Å². The van der Waals surface area contributed by atoms with Crippen molar-refractivity contribution in [2.75, 3.05) is 5.32 Å². The molecule has 1 rings (SSSR count). The SMILES string of the molecule is CC(C)Nc1cc(CN)cc(Cl)n1. The second-order valence-electron chi connectivity index (χ2n) is 3.19. The van der Waals surface area contributed by atoms with Gasteiger partial charge in [-0.25, -0.2) is 4.98 Å². The molecular formula is C9H14ClN3. The maximum absolute atomic E-state index is 5.81. The van der Waals surface area contributed by atoms with E-state index in [-0.39, 0.29) is 0 Å². The maximum atomic E-state index is 5.81. The molecule has 13 heavy (non-hydrogen) atoms. The van der Waals surface area contributed by atoms with E-state index in [4.69, 9.17) is 17.3 Å². The fraction of sp³-hybridized carbons (Fsp3) is 0.444. The summed E-state index contributed by atoms with van der Waals surface area (Å²) in [4.78, 5) is 4.12. The summed E-state index contributed by atoms with van der Waals surface area (Å²) in [6, 6.07) is 4.02. The number of halogens is 1. The minimum atomic E-state index is 0.344. The Morgan fingerprint density at radius 2 is 2.23 bits per heavy atom. The summed E-state index contributed by atoms with van der Waals surface area (Å²) < 4.78 is 0. The molecule has 3 nitrogen and oxygen atoms in total. The Morgan fingerprint density at radius 1 is 1.54 bits per heavy atom. The lowest BCUT2D eigenvalue weighted by Crippen LogP contribution is -2.11.